The topological polar surface area (TPSA) is 57.6 Å². The quantitative estimate of drug-likeness (QED) is 0.828. The number of hydrogen-bond acceptors (Lipinski definition) is 5. The first-order valence-electron chi connectivity index (χ1n) is 6.75. The Hall–Kier alpha value is -1.17. The monoisotopic (exact) mass is 265 g/mol. The van der Waals surface area contributed by atoms with Crippen LogP contribution in [-0.4, -0.2) is 60.0 Å². The van der Waals surface area contributed by atoms with Crippen molar-refractivity contribution in [1.82, 2.24) is 9.88 Å². The van der Waals surface area contributed by atoms with Gasteiger partial charge in [-0.05, 0) is 26.0 Å². The lowest BCUT2D eigenvalue weighted by atomic mass is 10.1. The molecule has 0 spiro atoms. The van der Waals surface area contributed by atoms with Gasteiger partial charge in [-0.3, -0.25) is 4.90 Å². The second kappa shape index (κ2) is 6.32. The predicted molar refractivity (Wildman–Crippen MR) is 75.3 cm³/mol. The summed E-state index contributed by atoms with van der Waals surface area (Å²) >= 11 is 0. The lowest BCUT2D eigenvalue weighted by Crippen LogP contribution is -2.49. The summed E-state index contributed by atoms with van der Waals surface area (Å²) in [5.41, 5.74) is 0.195. The zero-order valence-corrected chi connectivity index (χ0v) is 11.7. The smallest absolute Gasteiger partial charge is 0.126 e. The van der Waals surface area contributed by atoms with E-state index in [1.54, 1.807) is 0 Å². The van der Waals surface area contributed by atoms with Crippen molar-refractivity contribution in [3.8, 4) is 0 Å². The molecule has 0 bridgehead atoms. The highest BCUT2D eigenvalue weighted by Crippen LogP contribution is 2.11. The largest absolute Gasteiger partial charge is 0.387 e. The molecule has 2 N–H and O–H groups in total. The van der Waals surface area contributed by atoms with E-state index in [0.29, 0.717) is 13.1 Å². The van der Waals surface area contributed by atoms with Crippen LogP contribution in [0.3, 0.4) is 0 Å². The van der Waals surface area contributed by atoms with Crippen LogP contribution < -0.4 is 5.32 Å². The molecule has 1 aliphatic rings. The molecular weight excluding hydrogens is 242 g/mol. The molecule has 5 nitrogen and oxygen atoms in total. The van der Waals surface area contributed by atoms with E-state index in [4.69, 9.17) is 4.74 Å². The van der Waals surface area contributed by atoms with Gasteiger partial charge in [-0.15, -0.1) is 0 Å². The molecule has 19 heavy (non-hydrogen) atoms. The van der Waals surface area contributed by atoms with E-state index in [9.17, 15) is 5.11 Å². The number of anilines is 1. The van der Waals surface area contributed by atoms with Crippen molar-refractivity contribution in [2.45, 2.75) is 19.4 Å². The maximum Gasteiger partial charge on any atom is 0.126 e. The molecule has 1 atom stereocenters. The third-order valence-corrected chi connectivity index (χ3v) is 3.21. The summed E-state index contributed by atoms with van der Waals surface area (Å²) in [6.07, 6.45) is 0. The molecule has 0 saturated carbocycles. The number of morpholine rings is 1. The molecule has 106 valence electrons. The summed E-state index contributed by atoms with van der Waals surface area (Å²) in [5, 5.41) is 13.6. The summed E-state index contributed by atoms with van der Waals surface area (Å²) in [6, 6.07) is 5.83. The molecule has 2 rings (SSSR count). The second-order valence-electron chi connectivity index (χ2n) is 5.40. The van der Waals surface area contributed by atoms with E-state index in [1.807, 2.05) is 32.0 Å². The molecule has 1 fully saturated rings. The number of β-amino-alcohol motifs (C(OH)–C–C–N with tert-alkyl or cyclic N) is 1. The molecule has 2 heterocycles. The first-order chi connectivity index (χ1) is 9.05. The van der Waals surface area contributed by atoms with Crippen LogP contribution in [0.5, 0.6) is 0 Å². The van der Waals surface area contributed by atoms with Gasteiger partial charge in [-0.25, -0.2) is 4.98 Å². The van der Waals surface area contributed by atoms with Crippen LogP contribution in [0.2, 0.25) is 0 Å². The molecule has 1 aromatic rings. The third kappa shape index (κ3) is 4.78. The molecule has 5 heteroatoms. The van der Waals surface area contributed by atoms with Gasteiger partial charge in [0.05, 0.1) is 18.8 Å². The van der Waals surface area contributed by atoms with E-state index in [2.05, 4.69) is 15.2 Å². The van der Waals surface area contributed by atoms with Crippen molar-refractivity contribution < 1.29 is 9.84 Å². The number of rotatable bonds is 5. The number of aliphatic hydroxyl groups is 1. The van der Waals surface area contributed by atoms with Crippen LogP contribution in [-0.2, 0) is 4.74 Å². The lowest BCUT2D eigenvalue weighted by Gasteiger charge is -2.34. The van der Waals surface area contributed by atoms with E-state index in [-0.39, 0.29) is 0 Å². The maximum absolute atomic E-state index is 10.4. The molecule has 0 amide bonds. The Morgan fingerprint density at radius 2 is 2.16 bits per heavy atom. The number of pyridine rings is 1. The van der Waals surface area contributed by atoms with Gasteiger partial charge in [-0.1, -0.05) is 6.07 Å². The lowest BCUT2D eigenvalue weighted by molar-refractivity contribution is -0.0164. The molecule has 1 aliphatic heterocycles. The highest BCUT2D eigenvalue weighted by Gasteiger charge is 2.25. The fourth-order valence-electron chi connectivity index (χ4n) is 2.22. The molecule has 0 radical (unpaired) electrons. The average Bonchev–Trinajstić information content (AvgIpc) is 2.37. The molecular formula is C14H23N3O2. The number of hydrogen-bond donors (Lipinski definition) is 2. The second-order valence-corrected chi connectivity index (χ2v) is 5.40. The third-order valence-electron chi connectivity index (χ3n) is 3.21. The number of nitrogens with one attached hydrogen (secondary N) is 1. The standard InChI is InChI=1S/C14H23N3O2/c1-12-4-3-5-13(16-12)15-10-14(2,18)11-17-6-8-19-9-7-17/h3-5,18H,6-11H2,1-2H3,(H,15,16)/t14-/m1/s1. The average molecular weight is 265 g/mol. The summed E-state index contributed by atoms with van der Waals surface area (Å²) in [4.78, 5) is 6.60. The van der Waals surface area contributed by atoms with Gasteiger partial charge in [0.25, 0.3) is 0 Å². The first kappa shape index (κ1) is 14.2. The van der Waals surface area contributed by atoms with Crippen molar-refractivity contribution in [2.24, 2.45) is 0 Å². The molecule has 0 aromatic carbocycles. The van der Waals surface area contributed by atoms with Crippen molar-refractivity contribution in [3.63, 3.8) is 0 Å². The zero-order valence-electron chi connectivity index (χ0n) is 11.7. The molecule has 0 unspecified atom stereocenters. The number of aryl methyl sites for hydroxylation is 1. The van der Waals surface area contributed by atoms with Crippen LogP contribution in [0.25, 0.3) is 0 Å². The number of nitrogens with zero attached hydrogens (tertiary/aromatic N) is 2. The number of aromatic nitrogens is 1. The molecule has 0 aliphatic carbocycles. The highest BCUT2D eigenvalue weighted by molar-refractivity contribution is 5.35. The van der Waals surface area contributed by atoms with E-state index < -0.39 is 5.60 Å². The molecule has 1 saturated heterocycles. The minimum Gasteiger partial charge on any atom is -0.387 e. The van der Waals surface area contributed by atoms with Crippen LogP contribution in [0.4, 0.5) is 5.82 Å². The van der Waals surface area contributed by atoms with Crippen LogP contribution in [0.15, 0.2) is 18.2 Å². The van der Waals surface area contributed by atoms with Gasteiger partial charge >= 0.3 is 0 Å². The van der Waals surface area contributed by atoms with Crippen LogP contribution >= 0.6 is 0 Å². The van der Waals surface area contributed by atoms with Crippen LogP contribution in [0, 0.1) is 6.92 Å². The van der Waals surface area contributed by atoms with Crippen molar-refractivity contribution >= 4 is 5.82 Å². The Bertz CT molecular complexity index is 403. The fourth-order valence-corrected chi connectivity index (χ4v) is 2.22. The maximum atomic E-state index is 10.4. The Morgan fingerprint density at radius 3 is 2.84 bits per heavy atom. The Kier molecular flexibility index (Phi) is 4.74. The normalized spacial score (nSPS) is 19.9. The van der Waals surface area contributed by atoms with Gasteiger partial charge in [-0.2, -0.15) is 0 Å². The van der Waals surface area contributed by atoms with Gasteiger partial charge in [0, 0.05) is 31.9 Å². The summed E-state index contributed by atoms with van der Waals surface area (Å²) in [7, 11) is 0. The summed E-state index contributed by atoms with van der Waals surface area (Å²) < 4.78 is 5.31. The Morgan fingerprint density at radius 1 is 1.42 bits per heavy atom. The summed E-state index contributed by atoms with van der Waals surface area (Å²) in [5.74, 6) is 0.808. The first-order valence-corrected chi connectivity index (χ1v) is 6.75. The minimum absolute atomic E-state index is 0.487. The summed E-state index contributed by atoms with van der Waals surface area (Å²) in [6.45, 7) is 8.22. The van der Waals surface area contributed by atoms with Gasteiger partial charge < -0.3 is 15.2 Å². The van der Waals surface area contributed by atoms with Gasteiger partial charge in [0.1, 0.15) is 5.82 Å². The number of ether oxygens (including phenoxy) is 1. The Labute approximate surface area is 114 Å². The predicted octanol–water partition coefficient (Wildman–Crippen LogP) is 0.885. The SMILES string of the molecule is Cc1cccc(NC[C@@](C)(O)CN2CCOCC2)n1. The van der Waals surface area contributed by atoms with Gasteiger partial charge in [0.15, 0.2) is 0 Å². The van der Waals surface area contributed by atoms with E-state index in [0.717, 1.165) is 37.8 Å². The molecule has 1 aromatic heterocycles. The van der Waals surface area contributed by atoms with Crippen molar-refractivity contribution in [3.05, 3.63) is 23.9 Å². The van der Waals surface area contributed by atoms with E-state index >= 15 is 0 Å². The van der Waals surface area contributed by atoms with Crippen LogP contribution in [0.1, 0.15) is 12.6 Å². The fraction of sp³-hybridized carbons (Fsp3) is 0.643. The zero-order chi connectivity index (χ0) is 13.7. The Balaban J connectivity index is 1.82. The van der Waals surface area contributed by atoms with Crippen molar-refractivity contribution in [2.75, 3.05) is 44.7 Å². The highest BCUT2D eigenvalue weighted by atomic mass is 16.5. The minimum atomic E-state index is -0.775. The van der Waals surface area contributed by atoms with Crippen molar-refractivity contribution in [1.29, 1.82) is 0 Å². The van der Waals surface area contributed by atoms with E-state index in [1.165, 1.54) is 0 Å². The van der Waals surface area contributed by atoms with Gasteiger partial charge in [0.2, 0.25) is 0 Å².